The van der Waals surface area contributed by atoms with E-state index in [0.29, 0.717) is 34.8 Å². The fraction of sp³-hybridized carbons (Fsp3) is 0.344. The van der Waals surface area contributed by atoms with Gasteiger partial charge in [-0.1, -0.05) is 41.4 Å². The first-order valence-electron chi connectivity index (χ1n) is 14.7. The van der Waals surface area contributed by atoms with Crippen LogP contribution >= 0.6 is 23.2 Å². The third-order valence-electron chi connectivity index (χ3n) is 9.94. The number of cyclic esters (lactones) is 1. The smallest absolute Gasteiger partial charge is 0.340 e. The van der Waals surface area contributed by atoms with Crippen molar-refractivity contribution in [2.45, 2.75) is 43.4 Å². The molecule has 230 valence electrons. The number of benzene rings is 3. The number of piperidine rings is 1. The average molecular weight is 651 g/mol. The van der Waals surface area contributed by atoms with Gasteiger partial charge >= 0.3 is 5.97 Å². The molecule has 2 amide bonds. The zero-order valence-corrected chi connectivity index (χ0v) is 25.1. The molecule has 1 N–H and O–H groups in total. The van der Waals surface area contributed by atoms with E-state index in [9.17, 15) is 24.5 Å². The second-order valence-electron chi connectivity index (χ2n) is 12.3. The minimum Gasteiger partial charge on any atom is -0.457 e. The number of hydrogen-bond donors (Lipinski definition) is 1. The van der Waals surface area contributed by atoms with Crippen LogP contribution in [-0.4, -0.2) is 46.7 Å². The Morgan fingerprint density at radius 1 is 1.09 bits per heavy atom. The number of rotatable bonds is 5. The summed E-state index contributed by atoms with van der Waals surface area (Å²) in [5.74, 6) is -4.28. The molecule has 13 heteroatoms. The van der Waals surface area contributed by atoms with E-state index >= 15 is 4.39 Å². The topological polar surface area (TPSA) is 122 Å². The number of hydrogen-bond acceptors (Lipinski definition) is 7. The molecule has 0 aromatic heterocycles. The van der Waals surface area contributed by atoms with Gasteiger partial charge in [0.15, 0.2) is 0 Å². The largest absolute Gasteiger partial charge is 0.457 e. The first-order valence-corrected chi connectivity index (χ1v) is 15.5. The molecule has 2 saturated heterocycles. The van der Waals surface area contributed by atoms with Gasteiger partial charge in [0.2, 0.25) is 11.8 Å². The van der Waals surface area contributed by atoms with Crippen LogP contribution < -0.4 is 10.2 Å². The highest BCUT2D eigenvalue weighted by Crippen LogP contribution is 2.62. The number of esters is 1. The Hall–Kier alpha value is -4.06. The zero-order chi connectivity index (χ0) is 31.4. The number of ether oxygens (including phenoxy) is 1. The fourth-order valence-corrected chi connectivity index (χ4v) is 8.38. The molecule has 0 unspecified atom stereocenters. The van der Waals surface area contributed by atoms with Gasteiger partial charge in [-0.15, -0.1) is 0 Å². The Balaban J connectivity index is 1.37. The summed E-state index contributed by atoms with van der Waals surface area (Å²) in [4.78, 5) is 57.2. The van der Waals surface area contributed by atoms with Gasteiger partial charge in [-0.2, -0.15) is 0 Å². The Bertz CT molecular complexity index is 1860. The van der Waals surface area contributed by atoms with Crippen LogP contribution in [0.1, 0.15) is 52.2 Å². The number of nitro benzene ring substituents is 1. The van der Waals surface area contributed by atoms with Crippen molar-refractivity contribution in [3.8, 4) is 0 Å². The molecule has 1 saturated carbocycles. The van der Waals surface area contributed by atoms with Gasteiger partial charge < -0.3 is 15.0 Å². The van der Waals surface area contributed by atoms with Crippen LogP contribution in [-0.2, 0) is 26.5 Å². The van der Waals surface area contributed by atoms with Crippen LogP contribution in [0.15, 0.2) is 48.5 Å². The molecule has 4 atom stereocenters. The third kappa shape index (κ3) is 4.00. The number of halogens is 3. The molecule has 3 aromatic carbocycles. The lowest BCUT2D eigenvalue weighted by Crippen LogP contribution is -2.54. The number of nitrogens with zero attached hydrogens (tertiary/aromatic N) is 3. The molecule has 10 nitrogen and oxygen atoms in total. The van der Waals surface area contributed by atoms with E-state index in [1.807, 2.05) is 0 Å². The summed E-state index contributed by atoms with van der Waals surface area (Å²) in [7, 11) is 0. The number of amides is 2. The molecule has 5 aliphatic rings. The maximum absolute atomic E-state index is 16.2. The Labute approximate surface area is 266 Å². The van der Waals surface area contributed by atoms with Gasteiger partial charge in [-0.3, -0.25) is 24.6 Å². The summed E-state index contributed by atoms with van der Waals surface area (Å²) >= 11 is 12.6. The normalized spacial score (nSPS) is 27.0. The van der Waals surface area contributed by atoms with Crippen LogP contribution in [0, 0.1) is 27.8 Å². The van der Waals surface area contributed by atoms with Gasteiger partial charge in [-0.25, -0.2) is 9.18 Å². The molecule has 8 rings (SSSR count). The van der Waals surface area contributed by atoms with Crippen LogP contribution in [0.3, 0.4) is 0 Å². The highest BCUT2D eigenvalue weighted by molar-refractivity contribution is 6.31. The van der Waals surface area contributed by atoms with Crippen LogP contribution in [0.2, 0.25) is 10.0 Å². The van der Waals surface area contributed by atoms with Crippen LogP contribution in [0.5, 0.6) is 0 Å². The highest BCUT2D eigenvalue weighted by atomic mass is 35.5. The van der Waals surface area contributed by atoms with E-state index in [4.69, 9.17) is 27.9 Å². The molecule has 1 aliphatic carbocycles. The number of carbonyl (C=O) groups excluding carboxylic acids is 3. The van der Waals surface area contributed by atoms with Gasteiger partial charge in [-0.05, 0) is 60.6 Å². The molecule has 1 spiro atoms. The predicted molar refractivity (Wildman–Crippen MR) is 162 cm³/mol. The second-order valence-corrected chi connectivity index (χ2v) is 13.2. The molecule has 4 heterocycles. The minimum absolute atomic E-state index is 0.0392. The minimum atomic E-state index is -1.50. The van der Waals surface area contributed by atoms with Crippen LogP contribution in [0.4, 0.5) is 21.5 Å². The number of anilines is 2. The summed E-state index contributed by atoms with van der Waals surface area (Å²) in [6, 6.07) is 11.9. The summed E-state index contributed by atoms with van der Waals surface area (Å²) in [6.07, 6.45) is 2.23. The number of nitrogens with one attached hydrogen (secondary N) is 1. The maximum atomic E-state index is 16.2. The van der Waals surface area contributed by atoms with E-state index in [2.05, 4.69) is 10.2 Å². The average Bonchev–Trinajstić information content (AvgIpc) is 3.72. The van der Waals surface area contributed by atoms with Crippen molar-refractivity contribution in [1.82, 2.24) is 4.90 Å². The molecule has 3 aromatic rings. The number of carbonyl (C=O) groups is 3. The number of likely N-dealkylation sites (tertiary alicyclic amines) is 1. The van der Waals surface area contributed by atoms with Crippen molar-refractivity contribution in [2.75, 3.05) is 23.3 Å². The van der Waals surface area contributed by atoms with Crippen molar-refractivity contribution in [3.05, 3.63) is 96.8 Å². The lowest BCUT2D eigenvalue weighted by Gasteiger charge is -2.40. The lowest BCUT2D eigenvalue weighted by molar-refractivity contribution is -0.384. The number of fused-ring (bicyclic) bond motifs is 5. The summed E-state index contributed by atoms with van der Waals surface area (Å²) in [5, 5.41) is 15.5. The van der Waals surface area contributed by atoms with Gasteiger partial charge in [0.1, 0.15) is 23.7 Å². The van der Waals surface area contributed by atoms with Crippen LogP contribution in [0.25, 0.3) is 0 Å². The van der Waals surface area contributed by atoms with Crippen molar-refractivity contribution < 1.29 is 28.4 Å². The van der Waals surface area contributed by atoms with Gasteiger partial charge in [0.25, 0.3) is 5.69 Å². The highest BCUT2D eigenvalue weighted by Gasteiger charge is 2.70. The number of nitro groups is 1. The molecule has 0 radical (unpaired) electrons. The lowest BCUT2D eigenvalue weighted by atomic mass is 9.70. The van der Waals surface area contributed by atoms with Crippen molar-refractivity contribution in [1.29, 1.82) is 0 Å². The van der Waals surface area contributed by atoms with Crippen molar-refractivity contribution in [3.63, 3.8) is 0 Å². The summed E-state index contributed by atoms with van der Waals surface area (Å²) < 4.78 is 21.4. The summed E-state index contributed by atoms with van der Waals surface area (Å²) in [6.45, 7) is 0.422. The van der Waals surface area contributed by atoms with E-state index in [1.54, 1.807) is 24.3 Å². The van der Waals surface area contributed by atoms with Gasteiger partial charge in [0, 0.05) is 47.4 Å². The molecule has 3 fully saturated rings. The molecular formula is C32H25Cl2FN4O6. The third-order valence-corrected chi connectivity index (χ3v) is 10.5. The summed E-state index contributed by atoms with van der Waals surface area (Å²) in [5.41, 5.74) is -0.546. The zero-order valence-electron chi connectivity index (χ0n) is 23.6. The van der Waals surface area contributed by atoms with E-state index in [0.717, 1.165) is 12.8 Å². The fourth-order valence-electron chi connectivity index (χ4n) is 8.02. The Morgan fingerprint density at radius 3 is 2.64 bits per heavy atom. The SMILES string of the molecule is O=C1OCc2cc1c(N1CC[C@H]3[C@@H](C1=O)[C@H](c1cccc(Cl)c1F)[C@]1(C(=O)Nc4cc(Cl)ccc41)N3CC1CC1)c([N+](=O)[O-])c2. The first kappa shape index (κ1) is 28.4. The Kier molecular flexibility index (Phi) is 6.30. The second kappa shape index (κ2) is 9.97. The maximum Gasteiger partial charge on any atom is 0.340 e. The molecule has 4 aliphatic heterocycles. The van der Waals surface area contributed by atoms with E-state index in [-0.39, 0.29) is 40.9 Å². The predicted octanol–water partition coefficient (Wildman–Crippen LogP) is 5.79. The first-order chi connectivity index (χ1) is 21.6. The molecule has 2 bridgehead atoms. The van der Waals surface area contributed by atoms with Crippen molar-refractivity contribution >= 4 is 58.0 Å². The van der Waals surface area contributed by atoms with Gasteiger partial charge in [0.05, 0.1) is 21.4 Å². The quantitative estimate of drug-likeness (QED) is 0.211. The standard InChI is InChI=1S/C32H25Cl2FN4O6/c33-17-6-7-20-22(12-17)36-31(42)32(20)26(18-2-1-3-21(34)27(18)35)25-23(38(32)13-15-4-5-15)8-9-37(29(25)40)28-19-10-16(14-45-30(19)41)11-24(28)39(43)44/h1-3,6-7,10-12,15,23,25-26H,4-5,8-9,13-14H2,(H,36,42)/t23-,25+,26-,32+/m0/s1. The van der Waals surface area contributed by atoms with E-state index in [1.165, 1.54) is 29.2 Å². The molecule has 45 heavy (non-hydrogen) atoms. The van der Waals surface area contributed by atoms with E-state index < -0.39 is 57.6 Å². The monoisotopic (exact) mass is 650 g/mol. The molecular weight excluding hydrogens is 626 g/mol. The Morgan fingerprint density at radius 2 is 1.89 bits per heavy atom. The van der Waals surface area contributed by atoms with Crippen molar-refractivity contribution in [2.24, 2.45) is 11.8 Å².